The first kappa shape index (κ1) is 17.7. The highest BCUT2D eigenvalue weighted by Crippen LogP contribution is 2.41. The fraction of sp³-hybridized carbons (Fsp3) is 0.182. The maximum atomic E-state index is 13.2. The van der Waals surface area contributed by atoms with Gasteiger partial charge in [0, 0.05) is 10.6 Å². The molecule has 0 aliphatic rings. The summed E-state index contributed by atoms with van der Waals surface area (Å²) < 4.78 is 13.2. The van der Waals surface area contributed by atoms with Crippen molar-refractivity contribution in [2.45, 2.75) is 26.2 Å². The molecule has 0 aliphatic carbocycles. The molecule has 1 unspecified atom stereocenters. The van der Waals surface area contributed by atoms with E-state index in [1.165, 1.54) is 18.4 Å². The zero-order valence-corrected chi connectivity index (χ0v) is 15.3. The molecule has 0 amide bonds. The predicted octanol–water partition coefficient (Wildman–Crippen LogP) is 4.92. The summed E-state index contributed by atoms with van der Waals surface area (Å²) in [7, 11) is -3.63. The number of unbranched alkanes of at least 4 members (excludes halogenated alkanes) is 1. The molecule has 0 fully saturated rings. The molecule has 2 nitrogen and oxygen atoms in total. The van der Waals surface area contributed by atoms with Gasteiger partial charge in [-0.1, -0.05) is 74.0 Å². The van der Waals surface area contributed by atoms with Crippen LogP contribution >= 0.6 is 7.37 Å². The van der Waals surface area contributed by atoms with Crippen LogP contribution in [0.5, 0.6) is 0 Å². The molecule has 0 aromatic heterocycles. The van der Waals surface area contributed by atoms with Crippen LogP contribution in [0.1, 0.15) is 25.3 Å². The van der Waals surface area contributed by atoms with Crippen LogP contribution in [-0.4, -0.2) is 4.89 Å². The number of rotatable bonds is 6. The highest BCUT2D eigenvalue weighted by atomic mass is 31.2. The smallest absolute Gasteiger partial charge is 0.259 e. The third-order valence-corrected chi connectivity index (χ3v) is 6.46. The second-order valence-corrected chi connectivity index (χ2v) is 8.38. The molecule has 0 bridgehead atoms. The van der Waals surface area contributed by atoms with Gasteiger partial charge in [-0.25, -0.2) is 0 Å². The van der Waals surface area contributed by atoms with Crippen LogP contribution in [-0.2, 0) is 11.0 Å². The van der Waals surface area contributed by atoms with Gasteiger partial charge in [0.2, 0.25) is 0 Å². The Morgan fingerprint density at radius 1 is 0.840 bits per heavy atom. The van der Waals surface area contributed by atoms with Gasteiger partial charge in [0.15, 0.2) is 0 Å². The molecule has 3 aromatic rings. The van der Waals surface area contributed by atoms with Crippen LogP contribution in [0.4, 0.5) is 0 Å². The summed E-state index contributed by atoms with van der Waals surface area (Å²) in [6, 6.07) is 24.6. The van der Waals surface area contributed by atoms with Crippen molar-refractivity contribution in [1.82, 2.24) is 0 Å². The predicted molar refractivity (Wildman–Crippen MR) is 106 cm³/mol. The van der Waals surface area contributed by atoms with Gasteiger partial charge in [-0.05, 0) is 47.7 Å². The minimum Gasteiger partial charge on any atom is -0.338 e. The Hall–Kier alpha value is -2.15. The minimum absolute atomic E-state index is 0.460. The van der Waals surface area contributed by atoms with Crippen LogP contribution in [0, 0.1) is 0 Å². The van der Waals surface area contributed by atoms with E-state index in [9.17, 15) is 9.46 Å². The molecule has 0 spiro atoms. The Labute approximate surface area is 149 Å². The van der Waals surface area contributed by atoms with E-state index >= 15 is 0 Å². The van der Waals surface area contributed by atoms with E-state index in [1.54, 1.807) is 30.3 Å². The number of aryl methyl sites for hydroxylation is 1. The lowest BCUT2D eigenvalue weighted by molar-refractivity contribution is 0.501. The van der Waals surface area contributed by atoms with Gasteiger partial charge in [0.05, 0.1) is 0 Å². The van der Waals surface area contributed by atoms with Gasteiger partial charge in [-0.15, -0.1) is 0 Å². The van der Waals surface area contributed by atoms with Gasteiger partial charge in [0.1, 0.15) is 0 Å². The molecule has 3 heteroatoms. The van der Waals surface area contributed by atoms with Crippen molar-refractivity contribution in [3.05, 3.63) is 84.4 Å². The topological polar surface area (TPSA) is 37.3 Å². The van der Waals surface area contributed by atoms with E-state index in [4.69, 9.17) is 0 Å². The quantitative estimate of drug-likeness (QED) is 0.641. The van der Waals surface area contributed by atoms with Crippen molar-refractivity contribution in [1.29, 1.82) is 0 Å². The first-order chi connectivity index (χ1) is 12.1. The molecule has 0 radical (unpaired) electrons. The lowest BCUT2D eigenvalue weighted by atomic mass is 10.0. The van der Waals surface area contributed by atoms with Crippen molar-refractivity contribution in [2.24, 2.45) is 0 Å². The fourth-order valence-electron chi connectivity index (χ4n) is 2.98. The third kappa shape index (κ3) is 3.92. The monoisotopic (exact) mass is 350 g/mol. The maximum Gasteiger partial charge on any atom is 0.259 e. The van der Waals surface area contributed by atoms with Crippen LogP contribution in [0.2, 0.25) is 0 Å². The largest absolute Gasteiger partial charge is 0.338 e. The third-order valence-electron chi connectivity index (χ3n) is 4.42. The van der Waals surface area contributed by atoms with Crippen LogP contribution < -0.4 is 10.6 Å². The first-order valence-electron chi connectivity index (χ1n) is 8.70. The van der Waals surface area contributed by atoms with E-state index in [1.807, 2.05) is 24.3 Å². The summed E-state index contributed by atoms with van der Waals surface area (Å²) in [5.74, 6) is 0. The zero-order chi connectivity index (χ0) is 17.7. The van der Waals surface area contributed by atoms with E-state index in [0.717, 1.165) is 17.5 Å². The SMILES string of the molecule is CCCCc1ccc(-c2ccccc2P(=O)(O)c2ccccc2)cc1. The second-order valence-electron chi connectivity index (χ2n) is 6.23. The summed E-state index contributed by atoms with van der Waals surface area (Å²) in [5.41, 5.74) is 3.10. The van der Waals surface area contributed by atoms with Crippen molar-refractivity contribution < 1.29 is 9.46 Å². The van der Waals surface area contributed by atoms with Crippen molar-refractivity contribution in [3.8, 4) is 11.1 Å². The Morgan fingerprint density at radius 2 is 1.48 bits per heavy atom. The zero-order valence-electron chi connectivity index (χ0n) is 14.4. The molecule has 3 rings (SSSR count). The lowest BCUT2D eigenvalue weighted by Gasteiger charge is -2.16. The molecule has 1 N–H and O–H groups in total. The molecule has 1 atom stereocenters. The Morgan fingerprint density at radius 3 is 2.16 bits per heavy atom. The molecule has 128 valence electrons. The Balaban J connectivity index is 2.00. The van der Waals surface area contributed by atoms with Crippen LogP contribution in [0.15, 0.2) is 78.9 Å². The van der Waals surface area contributed by atoms with Crippen molar-refractivity contribution in [3.63, 3.8) is 0 Å². The highest BCUT2D eigenvalue weighted by Gasteiger charge is 2.27. The Bertz CT molecular complexity index is 870. The normalized spacial score (nSPS) is 13.4. The van der Waals surface area contributed by atoms with Crippen molar-refractivity contribution >= 4 is 18.0 Å². The fourth-order valence-corrected chi connectivity index (χ4v) is 4.66. The lowest BCUT2D eigenvalue weighted by Crippen LogP contribution is -2.17. The van der Waals surface area contributed by atoms with E-state index in [0.29, 0.717) is 10.6 Å². The number of benzene rings is 3. The van der Waals surface area contributed by atoms with E-state index in [2.05, 4.69) is 31.2 Å². The van der Waals surface area contributed by atoms with Crippen molar-refractivity contribution in [2.75, 3.05) is 0 Å². The summed E-state index contributed by atoms with van der Waals surface area (Å²) in [4.78, 5) is 10.8. The Kier molecular flexibility index (Phi) is 5.53. The average molecular weight is 350 g/mol. The molecule has 3 aromatic carbocycles. The molecular formula is C22H23O2P. The number of hydrogen-bond acceptors (Lipinski definition) is 1. The molecule has 0 saturated heterocycles. The summed E-state index contributed by atoms with van der Waals surface area (Å²) >= 11 is 0. The van der Waals surface area contributed by atoms with Gasteiger partial charge >= 0.3 is 0 Å². The molecule has 0 heterocycles. The standard InChI is InChI=1S/C22H23O2P/c1-2-3-9-18-14-16-19(17-15-18)21-12-7-8-13-22(21)25(23,24)20-10-5-4-6-11-20/h4-8,10-17H,2-3,9H2,1H3,(H,23,24). The maximum absolute atomic E-state index is 13.2. The van der Waals surface area contributed by atoms with Gasteiger partial charge < -0.3 is 4.89 Å². The molecule has 0 saturated carbocycles. The minimum atomic E-state index is -3.63. The average Bonchev–Trinajstić information content (AvgIpc) is 2.67. The van der Waals surface area contributed by atoms with Gasteiger partial charge in [-0.2, -0.15) is 0 Å². The highest BCUT2D eigenvalue weighted by molar-refractivity contribution is 7.73. The molecule has 0 aliphatic heterocycles. The molecular weight excluding hydrogens is 327 g/mol. The number of hydrogen-bond donors (Lipinski definition) is 1. The van der Waals surface area contributed by atoms with Crippen LogP contribution in [0.3, 0.4) is 0 Å². The van der Waals surface area contributed by atoms with E-state index < -0.39 is 7.37 Å². The van der Waals surface area contributed by atoms with E-state index in [-0.39, 0.29) is 0 Å². The summed E-state index contributed by atoms with van der Waals surface area (Å²) in [6.45, 7) is 2.19. The van der Waals surface area contributed by atoms with Gasteiger partial charge in [0.25, 0.3) is 7.37 Å². The first-order valence-corrected chi connectivity index (χ1v) is 10.4. The van der Waals surface area contributed by atoms with Crippen LogP contribution in [0.25, 0.3) is 11.1 Å². The van der Waals surface area contributed by atoms with Gasteiger partial charge in [-0.3, -0.25) is 4.57 Å². The second kappa shape index (κ2) is 7.82. The summed E-state index contributed by atoms with van der Waals surface area (Å²) in [5, 5.41) is 0.949. The summed E-state index contributed by atoms with van der Waals surface area (Å²) in [6.07, 6.45) is 3.42. The molecule has 25 heavy (non-hydrogen) atoms.